The van der Waals surface area contributed by atoms with Crippen molar-refractivity contribution < 1.29 is 17.6 Å². The lowest BCUT2D eigenvalue weighted by molar-refractivity contribution is 0.496. The lowest BCUT2D eigenvalue weighted by atomic mass is 10.2. The van der Waals surface area contributed by atoms with Crippen molar-refractivity contribution in [3.63, 3.8) is 0 Å². The van der Waals surface area contributed by atoms with Gasteiger partial charge < -0.3 is 11.1 Å². The molecule has 2 aromatic rings. The molecule has 2 nitrogen and oxygen atoms in total. The van der Waals surface area contributed by atoms with Gasteiger partial charge in [0.15, 0.2) is 17.5 Å². The van der Waals surface area contributed by atoms with Crippen LogP contribution in [0.25, 0.3) is 0 Å². The molecule has 0 spiro atoms. The zero-order valence-electron chi connectivity index (χ0n) is 10.2. The molecule has 2 rings (SSSR count). The number of nitrogens with two attached hydrogens (primary N) is 1. The summed E-state index contributed by atoms with van der Waals surface area (Å²) in [5.74, 6) is -4.42. The molecule has 3 N–H and O–H groups in total. The SMILES string of the molecule is NC(=S)c1ccc(Nc2cc(F)c(F)cc2F)c(F)c1Br. The first-order valence-electron chi connectivity index (χ1n) is 5.50. The highest BCUT2D eigenvalue weighted by molar-refractivity contribution is 9.10. The summed E-state index contributed by atoms with van der Waals surface area (Å²) in [6.45, 7) is 0. The van der Waals surface area contributed by atoms with Crippen molar-refractivity contribution in [3.8, 4) is 0 Å². The van der Waals surface area contributed by atoms with E-state index in [2.05, 4.69) is 21.2 Å². The molecule has 110 valence electrons. The van der Waals surface area contributed by atoms with Crippen LogP contribution in [-0.2, 0) is 0 Å². The van der Waals surface area contributed by atoms with Crippen LogP contribution in [0.1, 0.15) is 5.56 Å². The smallest absolute Gasteiger partial charge is 0.161 e. The quantitative estimate of drug-likeness (QED) is 0.472. The molecular weight excluding hydrogens is 372 g/mol. The minimum atomic E-state index is -1.33. The molecule has 0 amide bonds. The number of benzene rings is 2. The van der Waals surface area contributed by atoms with Gasteiger partial charge in [0.05, 0.1) is 15.8 Å². The second kappa shape index (κ2) is 5.98. The Hall–Kier alpha value is -1.67. The Bertz CT molecular complexity index is 737. The number of thiocarbonyl (C=S) groups is 1. The maximum atomic E-state index is 14.1. The largest absolute Gasteiger partial charge is 0.389 e. The third-order valence-electron chi connectivity index (χ3n) is 2.63. The fraction of sp³-hybridized carbons (Fsp3) is 0. The van der Waals surface area contributed by atoms with Gasteiger partial charge in [-0.2, -0.15) is 0 Å². The van der Waals surface area contributed by atoms with Crippen LogP contribution in [0.5, 0.6) is 0 Å². The fourth-order valence-electron chi connectivity index (χ4n) is 1.60. The summed E-state index contributed by atoms with van der Waals surface area (Å²) in [4.78, 5) is -0.0219. The Morgan fingerprint density at radius 1 is 1.00 bits per heavy atom. The monoisotopic (exact) mass is 378 g/mol. The first kappa shape index (κ1) is 15.7. The van der Waals surface area contributed by atoms with Gasteiger partial charge in [0.1, 0.15) is 10.8 Å². The summed E-state index contributed by atoms with van der Waals surface area (Å²) >= 11 is 7.72. The molecular formula is C13H7BrF4N2S. The van der Waals surface area contributed by atoms with E-state index in [0.717, 1.165) is 0 Å². The average molecular weight is 379 g/mol. The van der Waals surface area contributed by atoms with E-state index in [1.165, 1.54) is 12.1 Å². The van der Waals surface area contributed by atoms with Crippen LogP contribution in [0.15, 0.2) is 28.7 Å². The molecule has 8 heteroatoms. The number of nitrogens with one attached hydrogen (secondary N) is 1. The molecule has 0 heterocycles. The zero-order valence-corrected chi connectivity index (χ0v) is 12.6. The molecule has 21 heavy (non-hydrogen) atoms. The number of rotatable bonds is 3. The molecule has 0 atom stereocenters. The van der Waals surface area contributed by atoms with E-state index >= 15 is 0 Å². The predicted molar refractivity (Wildman–Crippen MR) is 79.6 cm³/mol. The third-order valence-corrected chi connectivity index (χ3v) is 3.62. The first-order chi connectivity index (χ1) is 9.81. The zero-order chi connectivity index (χ0) is 15.7. The molecule has 0 aromatic heterocycles. The van der Waals surface area contributed by atoms with Crippen molar-refractivity contribution in [2.24, 2.45) is 5.73 Å². The number of halogens is 5. The van der Waals surface area contributed by atoms with Crippen LogP contribution in [0, 0.1) is 23.3 Å². The summed E-state index contributed by atoms with van der Waals surface area (Å²) < 4.78 is 53.5. The van der Waals surface area contributed by atoms with Gasteiger partial charge in [-0.15, -0.1) is 0 Å². The minimum absolute atomic E-state index is 0.0111. The summed E-state index contributed by atoms with van der Waals surface area (Å²) in [6.07, 6.45) is 0. The van der Waals surface area contributed by atoms with E-state index in [-0.39, 0.29) is 20.7 Å². The van der Waals surface area contributed by atoms with Gasteiger partial charge in [0, 0.05) is 17.7 Å². The van der Waals surface area contributed by atoms with Crippen LogP contribution in [-0.4, -0.2) is 4.99 Å². The van der Waals surface area contributed by atoms with Gasteiger partial charge in [-0.3, -0.25) is 0 Å². The van der Waals surface area contributed by atoms with Gasteiger partial charge in [-0.1, -0.05) is 12.2 Å². The van der Waals surface area contributed by atoms with Crippen LogP contribution >= 0.6 is 28.1 Å². The average Bonchev–Trinajstić information content (AvgIpc) is 2.40. The van der Waals surface area contributed by atoms with E-state index in [1.54, 1.807) is 0 Å². The minimum Gasteiger partial charge on any atom is -0.389 e. The van der Waals surface area contributed by atoms with Gasteiger partial charge >= 0.3 is 0 Å². The Labute approximate surface area is 131 Å². The van der Waals surface area contributed by atoms with Crippen LogP contribution in [0.3, 0.4) is 0 Å². The molecule has 0 saturated carbocycles. The molecule has 0 fully saturated rings. The van der Waals surface area contributed by atoms with Gasteiger partial charge in [0.2, 0.25) is 0 Å². The molecule has 0 aliphatic carbocycles. The van der Waals surface area contributed by atoms with Crippen LogP contribution < -0.4 is 11.1 Å². The highest BCUT2D eigenvalue weighted by Crippen LogP contribution is 2.30. The Balaban J connectivity index is 2.43. The van der Waals surface area contributed by atoms with E-state index in [0.29, 0.717) is 12.1 Å². The molecule has 0 saturated heterocycles. The molecule has 0 aliphatic rings. The van der Waals surface area contributed by atoms with Crippen molar-refractivity contribution in [3.05, 3.63) is 57.6 Å². The van der Waals surface area contributed by atoms with Crippen molar-refractivity contribution in [1.82, 2.24) is 0 Å². The second-order valence-electron chi connectivity index (χ2n) is 4.02. The summed E-state index contributed by atoms with van der Waals surface area (Å²) in [5, 5.41) is 2.34. The topological polar surface area (TPSA) is 38.0 Å². The number of anilines is 2. The Morgan fingerprint density at radius 3 is 2.24 bits per heavy atom. The normalized spacial score (nSPS) is 10.5. The van der Waals surface area contributed by atoms with E-state index in [4.69, 9.17) is 18.0 Å². The summed E-state index contributed by atoms with van der Waals surface area (Å²) in [7, 11) is 0. The summed E-state index contributed by atoms with van der Waals surface area (Å²) in [5.41, 5.74) is 5.13. The maximum absolute atomic E-state index is 14.1. The maximum Gasteiger partial charge on any atom is 0.161 e. The predicted octanol–water partition coefficient (Wildman–Crippen LogP) is 4.38. The molecule has 2 aromatic carbocycles. The lowest BCUT2D eigenvalue weighted by Crippen LogP contribution is -2.11. The molecule has 0 radical (unpaired) electrons. The lowest BCUT2D eigenvalue weighted by Gasteiger charge is -2.12. The Kier molecular flexibility index (Phi) is 4.48. The van der Waals surface area contributed by atoms with Crippen molar-refractivity contribution in [2.75, 3.05) is 5.32 Å². The van der Waals surface area contributed by atoms with Gasteiger partial charge in [-0.05, 0) is 28.1 Å². The van der Waals surface area contributed by atoms with Crippen LogP contribution in [0.2, 0.25) is 0 Å². The van der Waals surface area contributed by atoms with Crippen molar-refractivity contribution in [1.29, 1.82) is 0 Å². The van der Waals surface area contributed by atoms with Crippen molar-refractivity contribution >= 4 is 44.5 Å². The Morgan fingerprint density at radius 2 is 1.62 bits per heavy atom. The van der Waals surface area contributed by atoms with Gasteiger partial charge in [-0.25, -0.2) is 17.6 Å². The van der Waals surface area contributed by atoms with Crippen LogP contribution in [0.4, 0.5) is 28.9 Å². The number of hydrogen-bond donors (Lipinski definition) is 2. The molecule has 0 unspecified atom stereocenters. The molecule has 0 aliphatic heterocycles. The summed E-state index contributed by atoms with van der Waals surface area (Å²) in [6, 6.07) is 3.64. The standard InChI is InChI=1S/C13H7BrF4N2S/c14-11-5(13(19)21)1-2-9(12(11)18)20-10-4-7(16)6(15)3-8(10)17/h1-4,20H,(H2,19,21). The highest BCUT2D eigenvalue weighted by Gasteiger charge is 2.15. The third kappa shape index (κ3) is 3.16. The van der Waals surface area contributed by atoms with E-state index in [9.17, 15) is 17.6 Å². The fourth-order valence-corrected chi connectivity index (χ4v) is 2.46. The number of hydrogen-bond acceptors (Lipinski definition) is 2. The molecule has 0 bridgehead atoms. The van der Waals surface area contributed by atoms with Gasteiger partial charge in [0.25, 0.3) is 0 Å². The van der Waals surface area contributed by atoms with E-state index < -0.39 is 29.0 Å². The van der Waals surface area contributed by atoms with E-state index in [1.807, 2.05) is 0 Å². The van der Waals surface area contributed by atoms with Crippen molar-refractivity contribution in [2.45, 2.75) is 0 Å². The second-order valence-corrected chi connectivity index (χ2v) is 5.26. The highest BCUT2D eigenvalue weighted by atomic mass is 79.9. The first-order valence-corrected chi connectivity index (χ1v) is 6.70.